The quantitative estimate of drug-likeness (QED) is 0.417. The van der Waals surface area contributed by atoms with E-state index in [1.807, 2.05) is 0 Å². The standard InChI is InChI=1S/C16H20F2N2O10/c1-6(21)27-5-9-10(28-7(2)22)11(29-8(3)23)12(30-9)20-14(26-4)16(17,18)13(24)19-15(20)25/h9-12,14H,5H2,1-4H3,(H,19,24,25)/t9-,10-,11-,12-,14?/m1/s1. The van der Waals surface area contributed by atoms with E-state index in [9.17, 15) is 32.8 Å². The van der Waals surface area contributed by atoms with Gasteiger partial charge in [-0.3, -0.25) is 29.4 Å². The van der Waals surface area contributed by atoms with Crippen molar-refractivity contribution in [3.63, 3.8) is 0 Å². The van der Waals surface area contributed by atoms with Crippen molar-refractivity contribution in [3.8, 4) is 0 Å². The summed E-state index contributed by atoms with van der Waals surface area (Å²) in [6, 6.07) is -1.32. The Morgan fingerprint density at radius 3 is 2.13 bits per heavy atom. The zero-order valence-electron chi connectivity index (χ0n) is 16.4. The van der Waals surface area contributed by atoms with E-state index >= 15 is 0 Å². The number of halogens is 2. The molecule has 2 aliphatic rings. The van der Waals surface area contributed by atoms with Crippen LogP contribution in [-0.4, -0.2) is 85.2 Å². The summed E-state index contributed by atoms with van der Waals surface area (Å²) in [4.78, 5) is 58.4. The van der Waals surface area contributed by atoms with Crippen LogP contribution >= 0.6 is 0 Å². The number of hydrogen-bond acceptors (Lipinski definition) is 10. The Balaban J connectivity index is 2.46. The molecule has 2 fully saturated rings. The number of nitrogens with zero attached hydrogens (tertiary/aromatic N) is 1. The fourth-order valence-corrected chi connectivity index (χ4v) is 3.07. The van der Waals surface area contributed by atoms with Crippen molar-refractivity contribution in [2.45, 2.75) is 57.5 Å². The van der Waals surface area contributed by atoms with E-state index in [2.05, 4.69) is 4.74 Å². The molecule has 2 saturated heterocycles. The van der Waals surface area contributed by atoms with E-state index in [-0.39, 0.29) is 0 Å². The van der Waals surface area contributed by atoms with E-state index < -0.39 is 73.1 Å². The number of carbonyl (C=O) groups is 5. The first-order valence-electron chi connectivity index (χ1n) is 8.57. The zero-order chi connectivity index (χ0) is 22.8. The van der Waals surface area contributed by atoms with Crippen molar-refractivity contribution in [1.82, 2.24) is 10.2 Å². The van der Waals surface area contributed by atoms with Gasteiger partial charge in [0.15, 0.2) is 18.4 Å². The first kappa shape index (κ1) is 23.4. The van der Waals surface area contributed by atoms with Gasteiger partial charge >= 0.3 is 35.8 Å². The lowest BCUT2D eigenvalue weighted by atomic mass is 10.1. The number of nitrogens with one attached hydrogen (secondary N) is 1. The van der Waals surface area contributed by atoms with Gasteiger partial charge in [-0.25, -0.2) is 4.79 Å². The number of urea groups is 1. The molecule has 0 radical (unpaired) electrons. The van der Waals surface area contributed by atoms with Crippen molar-refractivity contribution in [3.05, 3.63) is 0 Å². The average molecular weight is 438 g/mol. The average Bonchev–Trinajstić information content (AvgIpc) is 2.92. The van der Waals surface area contributed by atoms with Crippen molar-refractivity contribution in [2.24, 2.45) is 0 Å². The maximum Gasteiger partial charge on any atom is 0.368 e. The highest BCUT2D eigenvalue weighted by Gasteiger charge is 2.63. The Morgan fingerprint density at radius 2 is 1.63 bits per heavy atom. The molecule has 2 aliphatic heterocycles. The maximum absolute atomic E-state index is 14.3. The molecule has 5 atom stereocenters. The largest absolute Gasteiger partial charge is 0.463 e. The van der Waals surface area contributed by atoms with Crippen LogP contribution < -0.4 is 5.32 Å². The minimum absolute atomic E-state index is 0.319. The van der Waals surface area contributed by atoms with Gasteiger partial charge in [0.25, 0.3) is 0 Å². The molecule has 2 rings (SSSR count). The van der Waals surface area contributed by atoms with Crippen molar-refractivity contribution < 1.29 is 56.4 Å². The molecule has 0 aromatic carbocycles. The minimum atomic E-state index is -4.18. The summed E-state index contributed by atoms with van der Waals surface area (Å²) < 4.78 is 53.8. The predicted molar refractivity (Wildman–Crippen MR) is 87.5 cm³/mol. The highest BCUT2D eigenvalue weighted by molar-refractivity contribution is 6.01. The third-order valence-electron chi connectivity index (χ3n) is 4.16. The van der Waals surface area contributed by atoms with Gasteiger partial charge in [-0.2, -0.15) is 8.78 Å². The smallest absolute Gasteiger partial charge is 0.368 e. The van der Waals surface area contributed by atoms with Crippen LogP contribution in [0.2, 0.25) is 0 Å². The fraction of sp³-hybridized carbons (Fsp3) is 0.688. The van der Waals surface area contributed by atoms with Crippen LogP contribution in [0.3, 0.4) is 0 Å². The molecular formula is C16H20F2N2O10. The zero-order valence-corrected chi connectivity index (χ0v) is 16.4. The van der Waals surface area contributed by atoms with E-state index in [1.54, 1.807) is 0 Å². The van der Waals surface area contributed by atoms with E-state index in [0.717, 1.165) is 27.9 Å². The normalized spacial score (nSPS) is 30.5. The van der Waals surface area contributed by atoms with E-state index in [4.69, 9.17) is 18.9 Å². The molecule has 1 N–H and O–H groups in total. The van der Waals surface area contributed by atoms with Crippen LogP contribution in [-0.2, 0) is 42.9 Å². The third kappa shape index (κ3) is 4.64. The number of esters is 3. The summed E-state index contributed by atoms with van der Waals surface area (Å²) in [6.45, 7) is 2.59. The Labute approximate surface area is 168 Å². The van der Waals surface area contributed by atoms with E-state index in [0.29, 0.717) is 4.90 Å². The van der Waals surface area contributed by atoms with Gasteiger partial charge < -0.3 is 23.7 Å². The number of carbonyl (C=O) groups excluding carboxylic acids is 5. The lowest BCUT2D eigenvalue weighted by Gasteiger charge is -2.42. The number of amides is 3. The highest BCUT2D eigenvalue weighted by Crippen LogP contribution is 2.36. The summed E-state index contributed by atoms with van der Waals surface area (Å²) >= 11 is 0. The molecule has 0 aromatic heterocycles. The number of imide groups is 1. The van der Waals surface area contributed by atoms with Crippen LogP contribution in [0, 0.1) is 0 Å². The summed E-state index contributed by atoms with van der Waals surface area (Å²) in [7, 11) is 0.827. The van der Waals surface area contributed by atoms with Crippen LogP contribution in [0.5, 0.6) is 0 Å². The van der Waals surface area contributed by atoms with Gasteiger partial charge in [0.2, 0.25) is 6.23 Å². The summed E-state index contributed by atoms with van der Waals surface area (Å²) in [5.74, 6) is -8.56. The highest BCUT2D eigenvalue weighted by atomic mass is 19.3. The fourth-order valence-electron chi connectivity index (χ4n) is 3.07. The van der Waals surface area contributed by atoms with Crippen molar-refractivity contribution in [2.75, 3.05) is 13.7 Å². The molecule has 30 heavy (non-hydrogen) atoms. The second-order valence-corrected chi connectivity index (χ2v) is 6.39. The van der Waals surface area contributed by atoms with Gasteiger partial charge in [0, 0.05) is 27.9 Å². The van der Waals surface area contributed by atoms with Crippen LogP contribution in [0.15, 0.2) is 0 Å². The number of hydrogen-bond donors (Lipinski definition) is 1. The Hall–Kier alpha value is -2.87. The number of rotatable bonds is 6. The molecule has 0 aromatic rings. The Morgan fingerprint density at radius 1 is 1.07 bits per heavy atom. The predicted octanol–water partition coefficient (Wildman–Crippen LogP) is -0.703. The monoisotopic (exact) mass is 438 g/mol. The topological polar surface area (TPSA) is 147 Å². The van der Waals surface area contributed by atoms with Gasteiger partial charge in [0.1, 0.15) is 12.7 Å². The van der Waals surface area contributed by atoms with Gasteiger partial charge in [-0.05, 0) is 0 Å². The molecule has 14 heteroatoms. The second kappa shape index (κ2) is 8.87. The molecule has 12 nitrogen and oxygen atoms in total. The first-order chi connectivity index (χ1) is 13.9. The number of ether oxygens (including phenoxy) is 5. The molecule has 0 bridgehead atoms. The van der Waals surface area contributed by atoms with Gasteiger partial charge in [-0.15, -0.1) is 0 Å². The summed E-state index contributed by atoms with van der Waals surface area (Å²) in [5, 5.41) is 1.46. The molecule has 0 saturated carbocycles. The van der Waals surface area contributed by atoms with Crippen LogP contribution in [0.25, 0.3) is 0 Å². The lowest BCUT2D eigenvalue weighted by molar-refractivity contribution is -0.229. The van der Waals surface area contributed by atoms with Crippen LogP contribution in [0.4, 0.5) is 13.6 Å². The van der Waals surface area contributed by atoms with Crippen molar-refractivity contribution in [1.29, 1.82) is 0 Å². The minimum Gasteiger partial charge on any atom is -0.463 e. The van der Waals surface area contributed by atoms with Gasteiger partial charge in [0.05, 0.1) is 0 Å². The Kier molecular flexibility index (Phi) is 6.92. The van der Waals surface area contributed by atoms with Crippen molar-refractivity contribution >= 4 is 29.8 Å². The molecular weight excluding hydrogens is 418 g/mol. The first-order valence-corrected chi connectivity index (χ1v) is 8.57. The van der Waals surface area contributed by atoms with Gasteiger partial charge in [-0.1, -0.05) is 0 Å². The molecule has 1 unspecified atom stereocenters. The molecule has 0 spiro atoms. The molecule has 0 aliphatic carbocycles. The number of alkyl halides is 2. The second-order valence-electron chi connectivity index (χ2n) is 6.39. The third-order valence-corrected chi connectivity index (χ3v) is 4.16. The molecule has 2 heterocycles. The summed E-state index contributed by atoms with van der Waals surface area (Å²) in [5.41, 5.74) is 0. The van der Waals surface area contributed by atoms with Crippen LogP contribution in [0.1, 0.15) is 20.8 Å². The summed E-state index contributed by atoms with van der Waals surface area (Å²) in [6.07, 6.45) is -8.51. The SMILES string of the molecule is COC1N([C@@H]2O[C@H](COC(C)=O)[C@@H](OC(C)=O)[C@H]2OC(C)=O)C(=O)NC(=O)C1(F)F. The Bertz CT molecular complexity index is 746. The lowest BCUT2D eigenvalue weighted by Crippen LogP contribution is -2.70. The maximum atomic E-state index is 14.3. The number of methoxy groups -OCH3 is 1. The molecule has 168 valence electrons. The van der Waals surface area contributed by atoms with E-state index in [1.165, 1.54) is 5.32 Å². The molecule has 3 amide bonds.